The summed E-state index contributed by atoms with van der Waals surface area (Å²) in [5.74, 6) is 1.30. The van der Waals surface area contributed by atoms with Crippen LogP contribution in [0.15, 0.2) is 27.4 Å². The second-order valence-corrected chi connectivity index (χ2v) is 7.29. The van der Waals surface area contributed by atoms with E-state index in [9.17, 15) is 8.78 Å². The van der Waals surface area contributed by atoms with Gasteiger partial charge in [-0.1, -0.05) is 0 Å². The minimum absolute atomic E-state index is 0.0753. The summed E-state index contributed by atoms with van der Waals surface area (Å²) in [5, 5.41) is 7.53. The lowest BCUT2D eigenvalue weighted by Crippen LogP contribution is -2.25. The summed E-state index contributed by atoms with van der Waals surface area (Å²) in [7, 11) is 0. The summed E-state index contributed by atoms with van der Waals surface area (Å²) >= 11 is 9.62. The average Bonchev–Trinajstić information content (AvgIpc) is 3.23. The molecule has 152 valence electrons. The van der Waals surface area contributed by atoms with Gasteiger partial charge in [-0.05, 0) is 70.6 Å². The molecule has 0 aromatic carbocycles. The maximum Gasteiger partial charge on any atom is 0.345 e. The van der Waals surface area contributed by atoms with E-state index in [1.165, 1.54) is 0 Å². The minimum atomic E-state index is -2.79. The van der Waals surface area contributed by atoms with Crippen molar-refractivity contribution in [3.8, 4) is 0 Å². The van der Waals surface area contributed by atoms with Crippen LogP contribution in [-0.4, -0.2) is 33.9 Å². The van der Waals surface area contributed by atoms with Gasteiger partial charge in [-0.15, -0.1) is 5.10 Å². The highest BCUT2D eigenvalue weighted by Crippen LogP contribution is 2.32. The van der Waals surface area contributed by atoms with Crippen molar-refractivity contribution in [2.45, 2.75) is 39.0 Å². The highest BCUT2D eigenvalue weighted by Gasteiger charge is 2.21. The van der Waals surface area contributed by atoms with Gasteiger partial charge in [0.1, 0.15) is 15.9 Å². The number of aryl methyl sites for hydroxylation is 1. The minimum Gasteiger partial charge on any atom is -0.467 e. The molecule has 0 saturated heterocycles. The highest BCUT2D eigenvalue weighted by atomic mass is 79.9. The third-order valence-electron chi connectivity index (χ3n) is 4.27. The van der Waals surface area contributed by atoms with E-state index in [0.717, 1.165) is 22.4 Å². The quantitative estimate of drug-likeness (QED) is 0.480. The molecule has 28 heavy (non-hydrogen) atoms. The Morgan fingerprint density at radius 1 is 1.46 bits per heavy atom. The first-order chi connectivity index (χ1) is 13.4. The fourth-order valence-electron chi connectivity index (χ4n) is 2.92. The smallest absolute Gasteiger partial charge is 0.345 e. The van der Waals surface area contributed by atoms with Gasteiger partial charge in [-0.2, -0.15) is 13.8 Å². The Balaban J connectivity index is 1.85. The molecule has 0 aliphatic heterocycles. The number of alkyl halides is 2. The second-order valence-electron chi connectivity index (χ2n) is 6.20. The molecule has 0 aliphatic rings. The summed E-state index contributed by atoms with van der Waals surface area (Å²) in [6, 6.07) is 3.30. The standard InChI is InChI=1S/C17H19BrClF2N5O2/c1-9-12(7-10(22)4-6-28-17(20)21)14(18)26-13(9)15(24-16(19)25-26)23-8-11-3-2-5-27-11/h2-3,5,10,17H,4,6-8,22H2,1H3,(H,23,24,25)/t10-/m0/s1. The Morgan fingerprint density at radius 3 is 2.93 bits per heavy atom. The molecule has 3 rings (SSSR count). The molecular weight excluding hydrogens is 460 g/mol. The van der Waals surface area contributed by atoms with Crippen LogP contribution in [0, 0.1) is 6.92 Å². The second kappa shape index (κ2) is 9.17. The molecule has 1 atom stereocenters. The van der Waals surface area contributed by atoms with Crippen molar-refractivity contribution in [3.63, 3.8) is 0 Å². The Morgan fingerprint density at radius 2 is 2.25 bits per heavy atom. The van der Waals surface area contributed by atoms with Crippen LogP contribution in [0.4, 0.5) is 14.6 Å². The van der Waals surface area contributed by atoms with Crippen LogP contribution in [0.3, 0.4) is 0 Å². The van der Waals surface area contributed by atoms with Crippen LogP contribution in [0.1, 0.15) is 23.3 Å². The van der Waals surface area contributed by atoms with E-state index < -0.39 is 6.61 Å². The van der Waals surface area contributed by atoms with Gasteiger partial charge < -0.3 is 20.2 Å². The Hall–Kier alpha value is -1.75. The van der Waals surface area contributed by atoms with E-state index >= 15 is 0 Å². The molecule has 0 saturated carbocycles. The van der Waals surface area contributed by atoms with Gasteiger partial charge in [0.05, 0.1) is 19.4 Å². The zero-order valence-electron chi connectivity index (χ0n) is 15.0. The molecule has 3 heterocycles. The fraction of sp³-hybridized carbons (Fsp3) is 0.412. The molecule has 3 aromatic heterocycles. The van der Waals surface area contributed by atoms with Gasteiger partial charge in [0.15, 0.2) is 5.82 Å². The van der Waals surface area contributed by atoms with Gasteiger partial charge in [0.2, 0.25) is 5.28 Å². The average molecular weight is 479 g/mol. The van der Waals surface area contributed by atoms with E-state index in [2.05, 4.69) is 36.1 Å². The number of hydrogen-bond acceptors (Lipinski definition) is 6. The molecule has 0 spiro atoms. The number of hydrogen-bond donors (Lipinski definition) is 2. The van der Waals surface area contributed by atoms with E-state index in [1.54, 1.807) is 16.8 Å². The van der Waals surface area contributed by atoms with Crippen molar-refractivity contribution in [1.82, 2.24) is 14.6 Å². The van der Waals surface area contributed by atoms with Crippen molar-refractivity contribution in [3.05, 3.63) is 45.2 Å². The van der Waals surface area contributed by atoms with Gasteiger partial charge >= 0.3 is 6.61 Å². The third-order valence-corrected chi connectivity index (χ3v) is 5.25. The lowest BCUT2D eigenvalue weighted by Gasteiger charge is -2.12. The van der Waals surface area contributed by atoms with Gasteiger partial charge in [0.25, 0.3) is 0 Å². The van der Waals surface area contributed by atoms with Gasteiger partial charge in [-0.25, -0.2) is 4.52 Å². The summed E-state index contributed by atoms with van der Waals surface area (Å²) in [6.45, 7) is -0.548. The van der Waals surface area contributed by atoms with Crippen LogP contribution in [0.2, 0.25) is 5.28 Å². The number of nitrogens with two attached hydrogens (primary N) is 1. The van der Waals surface area contributed by atoms with Crippen molar-refractivity contribution in [2.75, 3.05) is 11.9 Å². The summed E-state index contributed by atoms with van der Waals surface area (Å²) in [5.41, 5.74) is 8.66. The lowest BCUT2D eigenvalue weighted by atomic mass is 10.0. The molecule has 0 bridgehead atoms. The number of fused-ring (bicyclic) bond motifs is 1. The number of ether oxygens (including phenoxy) is 1. The monoisotopic (exact) mass is 477 g/mol. The number of aromatic nitrogens is 3. The maximum absolute atomic E-state index is 12.1. The molecule has 0 unspecified atom stereocenters. The first-order valence-corrected chi connectivity index (χ1v) is 9.68. The number of rotatable bonds is 9. The van der Waals surface area contributed by atoms with Crippen LogP contribution in [0.5, 0.6) is 0 Å². The number of nitrogens with one attached hydrogen (secondary N) is 1. The van der Waals surface area contributed by atoms with Crippen molar-refractivity contribution < 1.29 is 17.9 Å². The zero-order valence-corrected chi connectivity index (χ0v) is 17.3. The predicted octanol–water partition coefficient (Wildman–Crippen LogP) is 4.16. The highest BCUT2D eigenvalue weighted by molar-refractivity contribution is 9.10. The summed E-state index contributed by atoms with van der Waals surface area (Å²) < 4.78 is 36.2. The molecule has 0 aliphatic carbocycles. The van der Waals surface area contributed by atoms with Gasteiger partial charge in [-0.3, -0.25) is 0 Å². The molecule has 11 heteroatoms. The van der Waals surface area contributed by atoms with Gasteiger partial charge in [0, 0.05) is 6.04 Å². The first kappa shape index (κ1) is 21.0. The largest absolute Gasteiger partial charge is 0.467 e. The first-order valence-electron chi connectivity index (χ1n) is 8.51. The van der Waals surface area contributed by atoms with Crippen LogP contribution >= 0.6 is 27.5 Å². The fourth-order valence-corrected chi connectivity index (χ4v) is 3.80. The molecule has 3 aromatic rings. The van der Waals surface area contributed by atoms with Crippen LogP contribution in [-0.2, 0) is 17.7 Å². The molecule has 7 nitrogen and oxygen atoms in total. The van der Waals surface area contributed by atoms with E-state index in [-0.39, 0.29) is 17.9 Å². The topological polar surface area (TPSA) is 90.6 Å². The van der Waals surface area contributed by atoms with Crippen molar-refractivity contribution in [1.29, 1.82) is 0 Å². The van der Waals surface area contributed by atoms with E-state index in [1.807, 2.05) is 13.0 Å². The van der Waals surface area contributed by atoms with Crippen molar-refractivity contribution in [2.24, 2.45) is 5.73 Å². The number of halogens is 4. The third kappa shape index (κ3) is 4.80. The van der Waals surface area contributed by atoms with Crippen LogP contribution < -0.4 is 11.1 Å². The normalized spacial score (nSPS) is 12.8. The Labute approximate surface area is 173 Å². The van der Waals surface area contributed by atoms with Crippen molar-refractivity contribution >= 4 is 38.9 Å². The lowest BCUT2D eigenvalue weighted by molar-refractivity contribution is -0.129. The summed E-state index contributed by atoms with van der Waals surface area (Å²) in [6.07, 6.45) is 2.35. The summed E-state index contributed by atoms with van der Waals surface area (Å²) in [4.78, 5) is 4.29. The van der Waals surface area contributed by atoms with E-state index in [4.69, 9.17) is 21.8 Å². The Bertz CT molecular complexity index is 936. The molecular formula is C17H19BrClF2N5O2. The van der Waals surface area contributed by atoms with Crippen LogP contribution in [0.25, 0.3) is 5.52 Å². The molecule has 0 amide bonds. The number of furan rings is 1. The Kier molecular flexibility index (Phi) is 6.86. The maximum atomic E-state index is 12.1. The number of anilines is 1. The predicted molar refractivity (Wildman–Crippen MR) is 105 cm³/mol. The molecule has 0 radical (unpaired) electrons. The molecule has 0 fully saturated rings. The van der Waals surface area contributed by atoms with E-state index in [0.29, 0.717) is 29.8 Å². The zero-order chi connectivity index (χ0) is 20.3. The SMILES string of the molecule is Cc1c(C[C@@H](N)CCOC(F)F)c(Br)n2nc(Cl)nc(NCc3ccco3)c12. The number of nitrogens with zero attached hydrogens (tertiary/aromatic N) is 3. The molecule has 3 N–H and O–H groups in total.